The molecule has 0 aliphatic carbocycles. The van der Waals surface area contributed by atoms with E-state index in [9.17, 15) is 4.79 Å². The van der Waals surface area contributed by atoms with E-state index in [0.29, 0.717) is 10.6 Å². The lowest BCUT2D eigenvalue weighted by molar-refractivity contribution is 0.0972. The van der Waals surface area contributed by atoms with Crippen LogP contribution >= 0.6 is 11.6 Å². The fraction of sp³-hybridized carbons (Fsp3) is 0.0526. The largest absolute Gasteiger partial charge is 0.293 e. The summed E-state index contributed by atoms with van der Waals surface area (Å²) in [6, 6.07) is 22.3. The predicted molar refractivity (Wildman–Crippen MR) is 88.3 cm³/mol. The maximum atomic E-state index is 13.0. The maximum Gasteiger partial charge on any atom is 0.176 e. The van der Waals surface area contributed by atoms with Gasteiger partial charge in [0.15, 0.2) is 5.78 Å². The second-order valence-electron chi connectivity index (χ2n) is 4.97. The number of benzene rings is 2. The summed E-state index contributed by atoms with van der Waals surface area (Å²) in [6.07, 6.45) is 1.70. The van der Waals surface area contributed by atoms with Gasteiger partial charge in [-0.15, -0.1) is 0 Å². The van der Waals surface area contributed by atoms with Crippen molar-refractivity contribution >= 4 is 17.4 Å². The third-order valence-electron chi connectivity index (χ3n) is 3.49. The fourth-order valence-electron chi connectivity index (χ4n) is 2.46. The smallest absolute Gasteiger partial charge is 0.176 e. The first-order chi connectivity index (χ1) is 10.8. The van der Waals surface area contributed by atoms with E-state index in [1.54, 1.807) is 30.5 Å². The third-order valence-corrected chi connectivity index (χ3v) is 3.72. The van der Waals surface area contributed by atoms with E-state index in [0.717, 1.165) is 11.3 Å². The SMILES string of the molecule is O=C(c1cccc(Cl)c1)[C@H](c1ccccc1)c1ccccn1. The molecule has 0 amide bonds. The molecule has 22 heavy (non-hydrogen) atoms. The molecule has 1 atom stereocenters. The van der Waals surface area contributed by atoms with Crippen LogP contribution < -0.4 is 0 Å². The molecular weight excluding hydrogens is 294 g/mol. The first kappa shape index (κ1) is 14.5. The van der Waals surface area contributed by atoms with Crippen LogP contribution in [0, 0.1) is 0 Å². The average molecular weight is 308 g/mol. The van der Waals surface area contributed by atoms with Crippen molar-refractivity contribution in [3.8, 4) is 0 Å². The first-order valence-corrected chi connectivity index (χ1v) is 7.39. The lowest BCUT2D eigenvalue weighted by Crippen LogP contribution is -2.15. The zero-order valence-electron chi connectivity index (χ0n) is 11.8. The summed E-state index contributed by atoms with van der Waals surface area (Å²) in [5, 5.41) is 0.554. The normalized spacial score (nSPS) is 11.9. The second-order valence-corrected chi connectivity index (χ2v) is 5.41. The Labute approximate surface area is 134 Å². The highest BCUT2D eigenvalue weighted by molar-refractivity contribution is 6.31. The maximum absolute atomic E-state index is 13.0. The molecule has 0 unspecified atom stereocenters. The molecular formula is C19H14ClNO. The molecule has 0 fully saturated rings. The van der Waals surface area contributed by atoms with E-state index < -0.39 is 5.92 Å². The van der Waals surface area contributed by atoms with E-state index in [2.05, 4.69) is 4.98 Å². The van der Waals surface area contributed by atoms with E-state index in [1.165, 1.54) is 0 Å². The molecule has 2 nitrogen and oxygen atoms in total. The highest BCUT2D eigenvalue weighted by Crippen LogP contribution is 2.27. The van der Waals surface area contributed by atoms with Crippen molar-refractivity contribution in [2.75, 3.05) is 0 Å². The minimum atomic E-state index is -0.430. The molecule has 1 aromatic heterocycles. The van der Waals surface area contributed by atoms with Crippen LogP contribution in [0.5, 0.6) is 0 Å². The molecule has 3 heteroatoms. The fourth-order valence-corrected chi connectivity index (χ4v) is 2.65. The van der Waals surface area contributed by atoms with Gasteiger partial charge in [-0.3, -0.25) is 9.78 Å². The highest BCUT2D eigenvalue weighted by atomic mass is 35.5. The molecule has 0 aliphatic rings. The summed E-state index contributed by atoms with van der Waals surface area (Å²) in [4.78, 5) is 17.4. The standard InChI is InChI=1S/C19H14ClNO/c20-16-10-6-9-15(13-16)19(22)18(14-7-2-1-3-8-14)17-11-4-5-12-21-17/h1-13,18H/t18-/m1/s1. The molecule has 0 bridgehead atoms. The number of hydrogen-bond donors (Lipinski definition) is 0. The Bertz CT molecular complexity index is 732. The van der Waals surface area contributed by atoms with Gasteiger partial charge in [0.25, 0.3) is 0 Å². The van der Waals surface area contributed by atoms with Crippen LogP contribution in [0.1, 0.15) is 27.5 Å². The monoisotopic (exact) mass is 307 g/mol. The minimum absolute atomic E-state index is 0.00704. The van der Waals surface area contributed by atoms with Crippen LogP contribution in [0.15, 0.2) is 79.0 Å². The van der Waals surface area contributed by atoms with Gasteiger partial charge in [0.2, 0.25) is 0 Å². The molecule has 3 aromatic rings. The number of carbonyl (C=O) groups excluding carboxylic acids is 1. The predicted octanol–water partition coefficient (Wildman–Crippen LogP) is 4.75. The van der Waals surface area contributed by atoms with Gasteiger partial charge in [0, 0.05) is 16.8 Å². The zero-order valence-corrected chi connectivity index (χ0v) is 12.6. The topological polar surface area (TPSA) is 30.0 Å². The Kier molecular flexibility index (Phi) is 4.31. The van der Waals surface area contributed by atoms with Crippen molar-refractivity contribution in [2.24, 2.45) is 0 Å². The summed E-state index contributed by atoms with van der Waals surface area (Å²) in [5.74, 6) is -0.437. The quantitative estimate of drug-likeness (QED) is 0.651. The number of rotatable bonds is 4. The van der Waals surface area contributed by atoms with Crippen LogP contribution in [0.2, 0.25) is 5.02 Å². The van der Waals surface area contributed by atoms with Crippen molar-refractivity contribution in [1.82, 2.24) is 4.98 Å². The molecule has 0 radical (unpaired) electrons. The second kappa shape index (κ2) is 6.54. The molecule has 1 heterocycles. The number of nitrogens with zero attached hydrogens (tertiary/aromatic N) is 1. The van der Waals surface area contributed by atoms with Crippen molar-refractivity contribution in [3.63, 3.8) is 0 Å². The van der Waals surface area contributed by atoms with E-state index in [1.807, 2.05) is 48.5 Å². The van der Waals surface area contributed by atoms with Gasteiger partial charge in [-0.05, 0) is 29.8 Å². The third kappa shape index (κ3) is 3.07. The van der Waals surface area contributed by atoms with E-state index in [4.69, 9.17) is 11.6 Å². The van der Waals surface area contributed by atoms with Gasteiger partial charge in [-0.2, -0.15) is 0 Å². The van der Waals surface area contributed by atoms with Crippen LogP contribution in [0.3, 0.4) is 0 Å². The van der Waals surface area contributed by atoms with Gasteiger partial charge in [-0.1, -0.05) is 60.1 Å². The number of Topliss-reactive ketones (excluding diaryl/α,β-unsaturated/α-hetero) is 1. The van der Waals surface area contributed by atoms with Gasteiger partial charge in [-0.25, -0.2) is 0 Å². The van der Waals surface area contributed by atoms with Crippen LogP contribution in [-0.2, 0) is 0 Å². The Balaban J connectivity index is 2.08. The Morgan fingerprint density at radius 3 is 2.36 bits per heavy atom. The summed E-state index contributed by atoms with van der Waals surface area (Å²) in [7, 11) is 0. The number of carbonyl (C=O) groups is 1. The Morgan fingerprint density at radius 2 is 1.68 bits per heavy atom. The van der Waals surface area contributed by atoms with Gasteiger partial charge in [0.1, 0.15) is 0 Å². The van der Waals surface area contributed by atoms with Crippen LogP contribution in [0.25, 0.3) is 0 Å². The molecule has 108 valence electrons. The number of ketones is 1. The van der Waals surface area contributed by atoms with E-state index in [-0.39, 0.29) is 5.78 Å². The van der Waals surface area contributed by atoms with E-state index >= 15 is 0 Å². The number of aromatic nitrogens is 1. The number of halogens is 1. The van der Waals surface area contributed by atoms with Crippen LogP contribution in [0.4, 0.5) is 0 Å². The summed E-state index contributed by atoms with van der Waals surface area (Å²) in [5.41, 5.74) is 2.25. The first-order valence-electron chi connectivity index (χ1n) is 7.01. The molecule has 0 spiro atoms. The Hall–Kier alpha value is -2.45. The molecule has 3 rings (SSSR count). The summed E-state index contributed by atoms with van der Waals surface area (Å²) >= 11 is 6.02. The van der Waals surface area contributed by atoms with Gasteiger partial charge < -0.3 is 0 Å². The average Bonchev–Trinajstić information content (AvgIpc) is 2.57. The van der Waals surface area contributed by atoms with Crippen molar-refractivity contribution in [3.05, 3.63) is 101 Å². The van der Waals surface area contributed by atoms with Crippen molar-refractivity contribution in [2.45, 2.75) is 5.92 Å². The van der Waals surface area contributed by atoms with Gasteiger partial charge in [0.05, 0.1) is 11.6 Å². The molecule has 0 saturated carbocycles. The molecule has 0 saturated heterocycles. The lowest BCUT2D eigenvalue weighted by Gasteiger charge is -2.16. The van der Waals surface area contributed by atoms with Crippen LogP contribution in [-0.4, -0.2) is 10.8 Å². The summed E-state index contributed by atoms with van der Waals surface area (Å²) < 4.78 is 0. The number of hydrogen-bond acceptors (Lipinski definition) is 2. The van der Waals surface area contributed by atoms with Crippen molar-refractivity contribution in [1.29, 1.82) is 0 Å². The number of pyridine rings is 1. The molecule has 2 aromatic carbocycles. The van der Waals surface area contributed by atoms with Crippen molar-refractivity contribution < 1.29 is 4.79 Å². The lowest BCUT2D eigenvalue weighted by atomic mass is 9.87. The summed E-state index contributed by atoms with van der Waals surface area (Å²) in [6.45, 7) is 0. The Morgan fingerprint density at radius 1 is 0.909 bits per heavy atom. The highest BCUT2D eigenvalue weighted by Gasteiger charge is 2.25. The van der Waals surface area contributed by atoms with Gasteiger partial charge >= 0.3 is 0 Å². The minimum Gasteiger partial charge on any atom is -0.293 e. The molecule has 0 aliphatic heterocycles. The molecule has 0 N–H and O–H groups in total. The zero-order chi connectivity index (χ0) is 15.4.